The minimum absolute atomic E-state index is 0.0308. The van der Waals surface area contributed by atoms with Crippen molar-refractivity contribution in [2.75, 3.05) is 6.54 Å². The summed E-state index contributed by atoms with van der Waals surface area (Å²) in [5.41, 5.74) is 0.0161. The van der Waals surface area contributed by atoms with Crippen LogP contribution in [0, 0.1) is 34.8 Å². The van der Waals surface area contributed by atoms with Crippen LogP contribution in [0.3, 0.4) is 0 Å². The monoisotopic (exact) mass is 335 g/mol. The molecule has 4 aliphatic rings. The van der Waals surface area contributed by atoms with Gasteiger partial charge in [0, 0.05) is 12.0 Å². The third-order valence-electron chi connectivity index (χ3n) is 6.30. The van der Waals surface area contributed by atoms with Crippen LogP contribution in [0.4, 0.5) is 8.78 Å². The molecule has 1 amide bonds. The lowest BCUT2D eigenvalue weighted by Gasteiger charge is -2.55. The number of rotatable bonds is 4. The molecule has 1 atom stereocenters. The molecule has 1 aromatic rings. The predicted molar refractivity (Wildman–Crippen MR) is 84.9 cm³/mol. The van der Waals surface area contributed by atoms with Gasteiger partial charge < -0.3 is 10.4 Å². The first kappa shape index (κ1) is 16.0. The Morgan fingerprint density at radius 1 is 1.12 bits per heavy atom. The van der Waals surface area contributed by atoms with Crippen molar-refractivity contribution < 1.29 is 18.7 Å². The second-order valence-electron chi connectivity index (χ2n) is 8.10. The standard InChI is InChI=1S/C19H23F2NO2/c20-15-2-1-14(6-16(15)21)17(23)10-22-18(24)19-7-11-3-12(8-19)5-13(4-11)9-19/h1-2,6,11-13,17,23H,3-5,7-10H2,(H,22,24)/t11?,12?,13?,17-,19?/m0/s1. The Morgan fingerprint density at radius 3 is 2.25 bits per heavy atom. The Morgan fingerprint density at radius 2 is 1.71 bits per heavy atom. The van der Waals surface area contributed by atoms with Gasteiger partial charge in [0.15, 0.2) is 11.6 Å². The van der Waals surface area contributed by atoms with Gasteiger partial charge in [-0.3, -0.25) is 4.79 Å². The summed E-state index contributed by atoms with van der Waals surface area (Å²) >= 11 is 0. The van der Waals surface area contributed by atoms with E-state index in [1.54, 1.807) is 0 Å². The van der Waals surface area contributed by atoms with Crippen molar-refractivity contribution >= 4 is 5.91 Å². The van der Waals surface area contributed by atoms with Crippen molar-refractivity contribution in [3.8, 4) is 0 Å². The maximum absolute atomic E-state index is 13.3. The zero-order valence-electron chi connectivity index (χ0n) is 13.6. The summed E-state index contributed by atoms with van der Waals surface area (Å²) in [6.07, 6.45) is 5.67. The fourth-order valence-electron chi connectivity index (χ4n) is 5.60. The van der Waals surface area contributed by atoms with E-state index in [2.05, 4.69) is 5.32 Å². The molecular weight excluding hydrogens is 312 g/mol. The summed E-state index contributed by atoms with van der Waals surface area (Å²) in [5.74, 6) is 0.139. The second kappa shape index (κ2) is 5.80. The van der Waals surface area contributed by atoms with Gasteiger partial charge in [-0.05, 0) is 74.0 Å². The van der Waals surface area contributed by atoms with E-state index in [-0.39, 0.29) is 23.4 Å². The smallest absolute Gasteiger partial charge is 0.226 e. The van der Waals surface area contributed by atoms with Crippen LogP contribution in [0.25, 0.3) is 0 Å². The second-order valence-corrected chi connectivity index (χ2v) is 8.10. The summed E-state index contributed by atoms with van der Waals surface area (Å²) in [5, 5.41) is 13.0. The molecule has 0 saturated heterocycles. The quantitative estimate of drug-likeness (QED) is 0.887. The Hall–Kier alpha value is -1.49. The number of aliphatic hydroxyl groups is 1. The molecule has 4 bridgehead atoms. The molecule has 5 rings (SSSR count). The van der Waals surface area contributed by atoms with Crippen molar-refractivity contribution in [3.05, 3.63) is 35.4 Å². The highest BCUT2D eigenvalue weighted by atomic mass is 19.2. The highest BCUT2D eigenvalue weighted by Gasteiger charge is 2.54. The highest BCUT2D eigenvalue weighted by Crippen LogP contribution is 2.60. The molecule has 4 aliphatic carbocycles. The van der Waals surface area contributed by atoms with E-state index in [0.29, 0.717) is 17.8 Å². The number of hydrogen-bond donors (Lipinski definition) is 2. The maximum atomic E-state index is 13.3. The van der Waals surface area contributed by atoms with Gasteiger partial charge in [-0.1, -0.05) is 6.07 Å². The summed E-state index contributed by atoms with van der Waals surface area (Å²) in [4.78, 5) is 12.8. The van der Waals surface area contributed by atoms with E-state index in [9.17, 15) is 18.7 Å². The fourth-order valence-corrected chi connectivity index (χ4v) is 5.60. The molecule has 24 heavy (non-hydrogen) atoms. The van der Waals surface area contributed by atoms with Crippen molar-refractivity contribution in [3.63, 3.8) is 0 Å². The first-order valence-corrected chi connectivity index (χ1v) is 8.86. The third kappa shape index (κ3) is 2.73. The number of hydrogen-bond acceptors (Lipinski definition) is 2. The average molecular weight is 335 g/mol. The van der Waals surface area contributed by atoms with Crippen LogP contribution in [0.1, 0.15) is 50.2 Å². The van der Waals surface area contributed by atoms with E-state index in [0.717, 1.165) is 31.4 Å². The molecule has 130 valence electrons. The lowest BCUT2D eigenvalue weighted by molar-refractivity contribution is -0.146. The number of aliphatic hydroxyl groups excluding tert-OH is 1. The molecule has 0 aliphatic heterocycles. The van der Waals surface area contributed by atoms with E-state index >= 15 is 0 Å². The van der Waals surface area contributed by atoms with Crippen molar-refractivity contribution in [1.29, 1.82) is 0 Å². The largest absolute Gasteiger partial charge is 0.387 e. The average Bonchev–Trinajstić information content (AvgIpc) is 2.53. The molecule has 0 radical (unpaired) electrons. The molecule has 1 aromatic carbocycles. The SMILES string of the molecule is O=C(NC[C@H](O)c1ccc(F)c(F)c1)C12CC3CC(CC(C3)C1)C2. The van der Waals surface area contributed by atoms with E-state index in [4.69, 9.17) is 0 Å². The maximum Gasteiger partial charge on any atom is 0.226 e. The van der Waals surface area contributed by atoms with E-state index in [1.165, 1.54) is 25.3 Å². The third-order valence-corrected chi connectivity index (χ3v) is 6.30. The first-order valence-electron chi connectivity index (χ1n) is 8.86. The molecular formula is C19H23F2NO2. The van der Waals surface area contributed by atoms with Crippen molar-refractivity contribution in [1.82, 2.24) is 5.32 Å². The molecule has 0 unspecified atom stereocenters. The van der Waals surface area contributed by atoms with Gasteiger partial charge in [-0.25, -0.2) is 8.78 Å². The summed E-state index contributed by atoms with van der Waals surface area (Å²) in [7, 11) is 0. The predicted octanol–water partition coefficient (Wildman–Crippen LogP) is 3.33. The number of nitrogens with one attached hydrogen (secondary N) is 1. The molecule has 2 N–H and O–H groups in total. The van der Waals surface area contributed by atoms with Crippen molar-refractivity contribution in [2.24, 2.45) is 23.2 Å². The van der Waals surface area contributed by atoms with Crippen LogP contribution in [-0.4, -0.2) is 17.6 Å². The summed E-state index contributed by atoms with van der Waals surface area (Å²) in [6.45, 7) is 0.0334. The fraction of sp³-hybridized carbons (Fsp3) is 0.632. The zero-order valence-corrected chi connectivity index (χ0v) is 13.6. The molecule has 4 saturated carbocycles. The lowest BCUT2D eigenvalue weighted by Crippen LogP contribution is -2.54. The van der Waals surface area contributed by atoms with Crippen molar-refractivity contribution in [2.45, 2.75) is 44.6 Å². The van der Waals surface area contributed by atoms with Gasteiger partial charge in [0.1, 0.15) is 0 Å². The van der Waals surface area contributed by atoms with Crippen LogP contribution in [0.2, 0.25) is 0 Å². The Labute approximate surface area is 140 Å². The minimum atomic E-state index is -1.03. The van der Waals surface area contributed by atoms with Gasteiger partial charge in [0.2, 0.25) is 5.91 Å². The van der Waals surface area contributed by atoms with Crippen LogP contribution < -0.4 is 5.32 Å². The topological polar surface area (TPSA) is 49.3 Å². The Balaban J connectivity index is 1.40. The van der Waals surface area contributed by atoms with E-state index < -0.39 is 17.7 Å². The summed E-state index contributed by atoms with van der Waals surface area (Å²) < 4.78 is 26.2. The van der Waals surface area contributed by atoms with Gasteiger partial charge in [-0.2, -0.15) is 0 Å². The first-order chi connectivity index (χ1) is 11.4. The van der Waals surface area contributed by atoms with Gasteiger partial charge in [0.25, 0.3) is 0 Å². The Kier molecular flexibility index (Phi) is 3.87. The van der Waals surface area contributed by atoms with Crippen LogP contribution >= 0.6 is 0 Å². The number of carbonyl (C=O) groups excluding carboxylic acids is 1. The van der Waals surface area contributed by atoms with Gasteiger partial charge in [-0.15, -0.1) is 0 Å². The van der Waals surface area contributed by atoms with Crippen LogP contribution in [0.15, 0.2) is 18.2 Å². The van der Waals surface area contributed by atoms with E-state index in [1.807, 2.05) is 0 Å². The zero-order chi connectivity index (χ0) is 16.9. The number of halogens is 2. The normalized spacial score (nSPS) is 35.0. The lowest BCUT2D eigenvalue weighted by atomic mass is 9.49. The summed E-state index contributed by atoms with van der Waals surface area (Å²) in [6, 6.07) is 3.33. The molecule has 0 aromatic heterocycles. The number of amides is 1. The molecule has 4 fully saturated rings. The van der Waals surface area contributed by atoms with Gasteiger partial charge >= 0.3 is 0 Å². The highest BCUT2D eigenvalue weighted by molar-refractivity contribution is 5.83. The van der Waals surface area contributed by atoms with Crippen LogP contribution in [0.5, 0.6) is 0 Å². The Bertz CT molecular complexity index is 625. The van der Waals surface area contributed by atoms with Crippen LogP contribution in [-0.2, 0) is 4.79 Å². The van der Waals surface area contributed by atoms with Gasteiger partial charge in [0.05, 0.1) is 6.10 Å². The molecule has 0 heterocycles. The minimum Gasteiger partial charge on any atom is -0.387 e. The number of carbonyl (C=O) groups is 1. The molecule has 5 heteroatoms. The number of benzene rings is 1. The molecule has 0 spiro atoms. The molecule has 3 nitrogen and oxygen atoms in total.